The summed E-state index contributed by atoms with van der Waals surface area (Å²) in [6, 6.07) is 27.1. The molecule has 3 aromatic rings. The molecule has 2 amide bonds. The number of nitrogens with zero attached hydrogens (tertiary/aromatic N) is 2. The molecule has 1 heterocycles. The monoisotopic (exact) mass is 443 g/mol. The van der Waals surface area contributed by atoms with Crippen molar-refractivity contribution in [3.05, 3.63) is 102 Å². The van der Waals surface area contributed by atoms with E-state index in [0.717, 1.165) is 22.4 Å². The summed E-state index contributed by atoms with van der Waals surface area (Å²) in [5.74, 6) is 0.188. The molecule has 0 radical (unpaired) electrons. The summed E-state index contributed by atoms with van der Waals surface area (Å²) in [6.07, 6.45) is 0.413. The van der Waals surface area contributed by atoms with Gasteiger partial charge in [-0.2, -0.15) is 0 Å². The van der Waals surface area contributed by atoms with Crippen molar-refractivity contribution in [3.63, 3.8) is 0 Å². The van der Waals surface area contributed by atoms with Crippen LogP contribution in [0.2, 0.25) is 0 Å². The number of hydrogen-bond donors (Lipinski definition) is 2. The van der Waals surface area contributed by atoms with Crippen LogP contribution in [0, 0.1) is 0 Å². The molecule has 0 bridgehead atoms. The number of carboxylic acids is 1. The molecule has 0 saturated carbocycles. The van der Waals surface area contributed by atoms with Crippen molar-refractivity contribution in [1.29, 1.82) is 0 Å². The van der Waals surface area contributed by atoms with E-state index in [1.165, 1.54) is 4.90 Å². The number of hydrogen-bond acceptors (Lipinski definition) is 4. The van der Waals surface area contributed by atoms with E-state index >= 15 is 0 Å². The number of rotatable bonds is 7. The normalized spacial score (nSPS) is 15.2. The quantitative estimate of drug-likeness (QED) is 0.542. The van der Waals surface area contributed by atoms with Crippen molar-refractivity contribution in [2.45, 2.75) is 12.0 Å². The zero-order chi connectivity index (χ0) is 23.3. The van der Waals surface area contributed by atoms with Crippen LogP contribution >= 0.6 is 0 Å². The average Bonchev–Trinajstić information content (AvgIpc) is 2.85. The summed E-state index contributed by atoms with van der Waals surface area (Å²) in [6.45, 7) is -0.0701. The summed E-state index contributed by atoms with van der Waals surface area (Å²) in [7, 11) is 1.62. The van der Waals surface area contributed by atoms with E-state index in [1.807, 2.05) is 84.9 Å². The molecule has 0 spiro atoms. The number of methoxy groups -OCH3 is 1. The Bertz CT molecular complexity index is 1110. The van der Waals surface area contributed by atoms with Crippen molar-refractivity contribution in [1.82, 2.24) is 10.2 Å². The largest absolute Gasteiger partial charge is 0.497 e. The fraction of sp³-hybridized carbons (Fsp3) is 0.192. The third kappa shape index (κ3) is 4.57. The van der Waals surface area contributed by atoms with Crippen LogP contribution in [0.5, 0.6) is 5.75 Å². The molecule has 1 aliphatic rings. The number of ether oxygens (including phenoxy) is 1. The SMILES string of the molecule is COc1ccc(C(N=C2CCN(CC(=O)O)C(=O)N2)(c2ccccc2)c2ccccc2)cc1. The van der Waals surface area contributed by atoms with Gasteiger partial charge in [0.05, 0.1) is 7.11 Å². The van der Waals surface area contributed by atoms with Crippen molar-refractivity contribution in [2.75, 3.05) is 20.2 Å². The van der Waals surface area contributed by atoms with Crippen molar-refractivity contribution in [2.24, 2.45) is 4.99 Å². The molecular weight excluding hydrogens is 418 g/mol. The maximum atomic E-state index is 12.6. The number of aliphatic imine (C=N–C) groups is 1. The van der Waals surface area contributed by atoms with Gasteiger partial charge in [-0.05, 0) is 28.8 Å². The van der Waals surface area contributed by atoms with E-state index in [-0.39, 0.29) is 13.1 Å². The highest BCUT2D eigenvalue weighted by molar-refractivity contribution is 6.01. The Morgan fingerprint density at radius 2 is 1.52 bits per heavy atom. The lowest BCUT2D eigenvalue weighted by Crippen LogP contribution is -2.51. The number of carbonyl (C=O) groups is 2. The van der Waals surface area contributed by atoms with Gasteiger partial charge in [-0.15, -0.1) is 0 Å². The minimum Gasteiger partial charge on any atom is -0.497 e. The molecule has 1 fully saturated rings. The highest BCUT2D eigenvalue weighted by Crippen LogP contribution is 2.41. The van der Waals surface area contributed by atoms with Crippen molar-refractivity contribution >= 4 is 17.8 Å². The number of benzene rings is 3. The number of carboxylic acid groups (broad SMARTS) is 1. The molecular formula is C26H25N3O4. The summed E-state index contributed by atoms with van der Waals surface area (Å²) in [5, 5.41) is 11.9. The highest BCUT2D eigenvalue weighted by Gasteiger charge is 2.37. The Morgan fingerprint density at radius 1 is 0.970 bits per heavy atom. The van der Waals surface area contributed by atoms with Crippen LogP contribution in [0.25, 0.3) is 0 Å². The smallest absolute Gasteiger partial charge is 0.323 e. The molecule has 3 aromatic carbocycles. The molecule has 168 valence electrons. The van der Waals surface area contributed by atoms with Crippen LogP contribution in [-0.4, -0.2) is 48.0 Å². The van der Waals surface area contributed by atoms with Gasteiger partial charge in [-0.1, -0.05) is 72.8 Å². The Labute approximate surface area is 192 Å². The Hall–Kier alpha value is -4.13. The van der Waals surface area contributed by atoms with E-state index < -0.39 is 17.5 Å². The topological polar surface area (TPSA) is 91.2 Å². The molecule has 0 atom stereocenters. The molecule has 7 heteroatoms. The van der Waals surface area contributed by atoms with Crippen molar-refractivity contribution < 1.29 is 19.4 Å². The number of urea groups is 1. The van der Waals surface area contributed by atoms with Crippen LogP contribution in [0.4, 0.5) is 4.79 Å². The number of carbonyl (C=O) groups excluding carboxylic acids is 1. The minimum atomic E-state index is -1.05. The van der Waals surface area contributed by atoms with Crippen LogP contribution in [-0.2, 0) is 10.3 Å². The van der Waals surface area contributed by atoms with E-state index in [9.17, 15) is 9.59 Å². The second kappa shape index (κ2) is 9.56. The standard InChI is InChI=1S/C26H25N3O4/c1-33-22-14-12-21(13-15-22)26(19-8-4-2-5-9-19,20-10-6-3-7-11-20)28-23-16-17-29(18-24(30)31)25(32)27-23/h2-15H,16-18H2,1H3,(H,30,31)(H,27,28,32). The molecule has 1 aliphatic heterocycles. The lowest BCUT2D eigenvalue weighted by atomic mass is 9.77. The number of amides is 2. The fourth-order valence-corrected chi connectivity index (χ4v) is 4.09. The molecule has 2 N–H and O–H groups in total. The summed E-state index contributed by atoms with van der Waals surface area (Å²) >= 11 is 0. The number of amidine groups is 1. The van der Waals surface area contributed by atoms with Gasteiger partial charge in [0.1, 0.15) is 23.7 Å². The lowest BCUT2D eigenvalue weighted by molar-refractivity contribution is -0.137. The Balaban J connectivity index is 1.88. The lowest BCUT2D eigenvalue weighted by Gasteiger charge is -2.35. The molecule has 1 saturated heterocycles. The summed E-state index contributed by atoms with van der Waals surface area (Å²) in [5.41, 5.74) is 1.87. The zero-order valence-corrected chi connectivity index (χ0v) is 18.3. The minimum absolute atomic E-state index is 0.277. The highest BCUT2D eigenvalue weighted by atomic mass is 16.5. The van der Waals surface area contributed by atoms with E-state index in [0.29, 0.717) is 12.3 Å². The molecule has 7 nitrogen and oxygen atoms in total. The van der Waals surface area contributed by atoms with Gasteiger partial charge in [0.2, 0.25) is 0 Å². The van der Waals surface area contributed by atoms with E-state index in [1.54, 1.807) is 7.11 Å². The number of aliphatic carboxylic acids is 1. The average molecular weight is 444 g/mol. The fourth-order valence-electron chi connectivity index (χ4n) is 4.09. The van der Waals surface area contributed by atoms with Gasteiger partial charge in [0, 0.05) is 13.0 Å². The van der Waals surface area contributed by atoms with E-state index in [4.69, 9.17) is 14.8 Å². The van der Waals surface area contributed by atoms with E-state index in [2.05, 4.69) is 5.32 Å². The third-order valence-corrected chi connectivity index (χ3v) is 5.68. The van der Waals surface area contributed by atoms with Gasteiger partial charge in [-0.3, -0.25) is 15.1 Å². The molecule has 33 heavy (non-hydrogen) atoms. The van der Waals surface area contributed by atoms with Gasteiger partial charge < -0.3 is 14.7 Å². The predicted molar refractivity (Wildman–Crippen MR) is 126 cm³/mol. The van der Waals surface area contributed by atoms with Crippen molar-refractivity contribution in [3.8, 4) is 5.75 Å². The predicted octanol–water partition coefficient (Wildman–Crippen LogP) is 3.89. The maximum absolute atomic E-state index is 12.6. The molecule has 0 unspecified atom stereocenters. The summed E-state index contributed by atoms with van der Waals surface area (Å²) < 4.78 is 5.35. The third-order valence-electron chi connectivity index (χ3n) is 5.68. The van der Waals surface area contributed by atoms with Crippen LogP contribution in [0.15, 0.2) is 89.9 Å². The van der Waals surface area contributed by atoms with Gasteiger partial charge in [-0.25, -0.2) is 4.79 Å². The first-order chi connectivity index (χ1) is 16.0. The van der Waals surface area contributed by atoms with Crippen LogP contribution in [0.3, 0.4) is 0 Å². The maximum Gasteiger partial charge on any atom is 0.323 e. The van der Waals surface area contributed by atoms with Crippen LogP contribution in [0.1, 0.15) is 23.1 Å². The molecule has 4 rings (SSSR count). The molecule has 0 aliphatic carbocycles. The second-order valence-electron chi connectivity index (χ2n) is 7.72. The zero-order valence-electron chi connectivity index (χ0n) is 18.3. The van der Waals surface area contributed by atoms with Gasteiger partial charge in [0.25, 0.3) is 0 Å². The number of nitrogens with one attached hydrogen (secondary N) is 1. The van der Waals surface area contributed by atoms with Gasteiger partial charge >= 0.3 is 12.0 Å². The summed E-state index contributed by atoms with van der Waals surface area (Å²) in [4.78, 5) is 30.1. The van der Waals surface area contributed by atoms with Gasteiger partial charge in [0.15, 0.2) is 0 Å². The Morgan fingerprint density at radius 3 is 2.00 bits per heavy atom. The first-order valence-electron chi connectivity index (χ1n) is 10.6. The first-order valence-corrected chi connectivity index (χ1v) is 10.6. The first kappa shape index (κ1) is 22.1. The van der Waals surface area contributed by atoms with Crippen LogP contribution < -0.4 is 10.1 Å². The Kier molecular flexibility index (Phi) is 6.40. The molecule has 0 aromatic heterocycles. The second-order valence-corrected chi connectivity index (χ2v) is 7.72.